The smallest absolute Gasteiger partial charge is 0.128 e. The number of thiophene rings is 1. The van der Waals surface area contributed by atoms with Crippen molar-refractivity contribution in [3.63, 3.8) is 0 Å². The van der Waals surface area contributed by atoms with E-state index in [1.807, 2.05) is 19.2 Å². The van der Waals surface area contributed by atoms with Crippen LogP contribution in [-0.4, -0.2) is 4.98 Å². The molecular weight excluding hydrogens is 242 g/mol. The van der Waals surface area contributed by atoms with Crippen LogP contribution in [-0.2, 0) is 0 Å². The van der Waals surface area contributed by atoms with Gasteiger partial charge >= 0.3 is 0 Å². The fourth-order valence-electron chi connectivity index (χ4n) is 1.81. The monoisotopic (exact) mass is 261 g/mol. The molecule has 3 N–H and O–H groups in total. The third-order valence-electron chi connectivity index (χ3n) is 2.96. The van der Waals surface area contributed by atoms with E-state index in [0.717, 1.165) is 17.1 Å². The molecule has 0 spiro atoms. The van der Waals surface area contributed by atoms with Gasteiger partial charge in [0, 0.05) is 22.8 Å². The highest BCUT2D eigenvalue weighted by Crippen LogP contribution is 2.29. The lowest BCUT2D eigenvalue weighted by molar-refractivity contribution is 0.552. The molecule has 0 aromatic carbocycles. The lowest BCUT2D eigenvalue weighted by atomic mass is 10.0. The lowest BCUT2D eigenvalue weighted by Crippen LogP contribution is -2.16. The second-order valence-electron chi connectivity index (χ2n) is 4.81. The van der Waals surface area contributed by atoms with Gasteiger partial charge in [0.25, 0.3) is 0 Å². The van der Waals surface area contributed by atoms with Crippen molar-refractivity contribution in [3.8, 4) is 0 Å². The molecule has 0 saturated carbocycles. The Morgan fingerprint density at radius 2 is 2.17 bits per heavy atom. The summed E-state index contributed by atoms with van der Waals surface area (Å²) in [5, 5.41) is 5.57. The van der Waals surface area contributed by atoms with Crippen LogP contribution in [0.5, 0.6) is 0 Å². The minimum atomic E-state index is 0.277. The van der Waals surface area contributed by atoms with Gasteiger partial charge in [0.2, 0.25) is 0 Å². The zero-order chi connectivity index (χ0) is 13.1. The molecule has 2 aromatic heterocycles. The van der Waals surface area contributed by atoms with Crippen molar-refractivity contribution in [2.24, 2.45) is 5.92 Å². The van der Waals surface area contributed by atoms with Crippen LogP contribution in [0.4, 0.5) is 11.5 Å². The quantitative estimate of drug-likeness (QED) is 0.879. The summed E-state index contributed by atoms with van der Waals surface area (Å²) in [6.45, 7) is 6.37. The summed E-state index contributed by atoms with van der Waals surface area (Å²) in [6, 6.07) is 6.41. The van der Waals surface area contributed by atoms with Crippen LogP contribution in [0.1, 0.15) is 30.3 Å². The molecule has 3 nitrogen and oxygen atoms in total. The van der Waals surface area contributed by atoms with Gasteiger partial charge < -0.3 is 11.1 Å². The molecule has 0 aliphatic heterocycles. The Kier molecular flexibility index (Phi) is 3.87. The molecule has 2 aromatic rings. The average molecular weight is 261 g/mol. The van der Waals surface area contributed by atoms with E-state index in [-0.39, 0.29) is 6.04 Å². The third-order valence-corrected chi connectivity index (χ3v) is 3.92. The summed E-state index contributed by atoms with van der Waals surface area (Å²) in [5.41, 5.74) is 7.70. The predicted molar refractivity (Wildman–Crippen MR) is 78.9 cm³/mol. The van der Waals surface area contributed by atoms with Crippen molar-refractivity contribution in [3.05, 3.63) is 40.2 Å². The maximum absolute atomic E-state index is 5.91. The number of nitrogen functional groups attached to an aromatic ring is 1. The van der Waals surface area contributed by atoms with Crippen molar-refractivity contribution in [1.82, 2.24) is 4.98 Å². The Morgan fingerprint density at radius 3 is 2.72 bits per heavy atom. The summed E-state index contributed by atoms with van der Waals surface area (Å²) in [4.78, 5) is 5.71. The van der Waals surface area contributed by atoms with Crippen molar-refractivity contribution < 1.29 is 0 Å². The number of rotatable bonds is 4. The molecule has 2 rings (SSSR count). The van der Waals surface area contributed by atoms with E-state index >= 15 is 0 Å². The first kappa shape index (κ1) is 12.9. The van der Waals surface area contributed by atoms with E-state index in [4.69, 9.17) is 5.73 Å². The summed E-state index contributed by atoms with van der Waals surface area (Å²) in [6.07, 6.45) is 1.81. The van der Waals surface area contributed by atoms with Crippen molar-refractivity contribution in [1.29, 1.82) is 0 Å². The Labute approximate surface area is 112 Å². The fourth-order valence-corrected chi connectivity index (χ4v) is 2.76. The highest BCUT2D eigenvalue weighted by Gasteiger charge is 2.17. The maximum atomic E-state index is 5.91. The topological polar surface area (TPSA) is 50.9 Å². The number of hydrogen-bond donors (Lipinski definition) is 2. The second-order valence-corrected chi connectivity index (χ2v) is 5.79. The molecule has 96 valence electrons. The number of nitrogens with zero attached hydrogens (tertiary/aromatic N) is 1. The molecule has 0 aliphatic rings. The SMILES string of the molecule is Cc1cnc(NC(c2cccs2)C(C)C)cc1N. The van der Waals surface area contributed by atoms with Crippen LogP contribution in [0, 0.1) is 12.8 Å². The van der Waals surface area contributed by atoms with Gasteiger partial charge in [-0.05, 0) is 29.9 Å². The Morgan fingerprint density at radius 1 is 1.39 bits per heavy atom. The van der Waals surface area contributed by atoms with Crippen molar-refractivity contribution in [2.45, 2.75) is 26.8 Å². The highest BCUT2D eigenvalue weighted by atomic mass is 32.1. The van der Waals surface area contributed by atoms with Crippen LogP contribution < -0.4 is 11.1 Å². The van der Waals surface area contributed by atoms with Gasteiger partial charge in [-0.3, -0.25) is 0 Å². The van der Waals surface area contributed by atoms with E-state index in [9.17, 15) is 0 Å². The lowest BCUT2D eigenvalue weighted by Gasteiger charge is -2.22. The molecule has 0 bridgehead atoms. The molecule has 1 unspecified atom stereocenters. The number of anilines is 2. The van der Waals surface area contributed by atoms with Crippen molar-refractivity contribution in [2.75, 3.05) is 11.1 Å². The van der Waals surface area contributed by atoms with E-state index in [1.54, 1.807) is 11.3 Å². The predicted octanol–water partition coefficient (Wildman–Crippen LogP) is 3.84. The minimum Gasteiger partial charge on any atom is -0.398 e. The molecule has 18 heavy (non-hydrogen) atoms. The van der Waals surface area contributed by atoms with E-state index in [2.05, 4.69) is 41.7 Å². The largest absolute Gasteiger partial charge is 0.398 e. The normalized spacial score (nSPS) is 12.7. The van der Waals surface area contributed by atoms with Gasteiger partial charge in [-0.1, -0.05) is 19.9 Å². The summed E-state index contributed by atoms with van der Waals surface area (Å²) in [5.74, 6) is 1.33. The number of nitrogens with two attached hydrogens (primary N) is 1. The first-order valence-electron chi connectivity index (χ1n) is 6.10. The molecule has 4 heteroatoms. The molecule has 1 atom stereocenters. The van der Waals surface area contributed by atoms with Gasteiger partial charge in [-0.25, -0.2) is 4.98 Å². The Hall–Kier alpha value is -1.55. The number of hydrogen-bond acceptors (Lipinski definition) is 4. The Bertz CT molecular complexity index is 506. The number of nitrogens with one attached hydrogen (secondary N) is 1. The molecule has 0 saturated heterocycles. The fraction of sp³-hybridized carbons (Fsp3) is 0.357. The van der Waals surface area contributed by atoms with E-state index < -0.39 is 0 Å². The van der Waals surface area contributed by atoms with Crippen LogP contribution in [0.3, 0.4) is 0 Å². The van der Waals surface area contributed by atoms with Gasteiger partial charge in [-0.15, -0.1) is 11.3 Å². The zero-order valence-corrected chi connectivity index (χ0v) is 11.8. The number of aromatic nitrogens is 1. The second kappa shape index (κ2) is 5.40. The van der Waals surface area contributed by atoms with Crippen LogP contribution in [0.25, 0.3) is 0 Å². The number of pyridine rings is 1. The van der Waals surface area contributed by atoms with Crippen LogP contribution in [0.2, 0.25) is 0 Å². The van der Waals surface area contributed by atoms with Crippen LogP contribution in [0.15, 0.2) is 29.8 Å². The summed E-state index contributed by atoms with van der Waals surface area (Å²) >= 11 is 1.76. The molecule has 0 fully saturated rings. The van der Waals surface area contributed by atoms with Gasteiger partial charge in [0.1, 0.15) is 5.82 Å². The zero-order valence-electron chi connectivity index (χ0n) is 11.0. The van der Waals surface area contributed by atoms with Crippen molar-refractivity contribution >= 4 is 22.8 Å². The maximum Gasteiger partial charge on any atom is 0.128 e. The summed E-state index contributed by atoms with van der Waals surface area (Å²) in [7, 11) is 0. The average Bonchev–Trinajstić information content (AvgIpc) is 2.83. The molecule has 0 radical (unpaired) electrons. The van der Waals surface area contributed by atoms with E-state index in [1.165, 1.54) is 4.88 Å². The Balaban J connectivity index is 2.21. The highest BCUT2D eigenvalue weighted by molar-refractivity contribution is 7.10. The van der Waals surface area contributed by atoms with Gasteiger partial charge in [0.05, 0.1) is 6.04 Å². The van der Waals surface area contributed by atoms with Gasteiger partial charge in [0.15, 0.2) is 0 Å². The molecule has 0 aliphatic carbocycles. The molecule has 0 amide bonds. The van der Waals surface area contributed by atoms with Crippen LogP contribution >= 0.6 is 11.3 Å². The molecule has 2 heterocycles. The van der Waals surface area contributed by atoms with Gasteiger partial charge in [-0.2, -0.15) is 0 Å². The minimum absolute atomic E-state index is 0.277. The first-order valence-corrected chi connectivity index (χ1v) is 6.98. The summed E-state index contributed by atoms with van der Waals surface area (Å²) < 4.78 is 0. The first-order chi connectivity index (χ1) is 8.58. The standard InChI is InChI=1S/C14H19N3S/c1-9(2)14(12-5-4-6-18-12)17-13-7-11(15)10(3)8-16-13/h4-9,14H,1-3H3,(H3,15,16,17). The third kappa shape index (κ3) is 2.82. The molecular formula is C14H19N3S. The number of aryl methyl sites for hydroxylation is 1. The van der Waals surface area contributed by atoms with E-state index in [0.29, 0.717) is 5.92 Å².